The number of sulfonamides is 1. The molecule has 5 rings (SSSR count). The van der Waals surface area contributed by atoms with Crippen LogP contribution in [-0.2, 0) is 14.8 Å². The maximum absolute atomic E-state index is 12.9. The van der Waals surface area contributed by atoms with Gasteiger partial charge in [0.1, 0.15) is 5.75 Å². The van der Waals surface area contributed by atoms with Gasteiger partial charge in [0.05, 0.1) is 29.5 Å². The van der Waals surface area contributed by atoms with E-state index in [4.69, 9.17) is 14.9 Å². The van der Waals surface area contributed by atoms with Crippen molar-refractivity contribution >= 4 is 32.8 Å². The summed E-state index contributed by atoms with van der Waals surface area (Å²) in [4.78, 5) is 24.1. The fourth-order valence-electron chi connectivity index (χ4n) is 5.47. The summed E-state index contributed by atoms with van der Waals surface area (Å²) in [5.74, 6) is 2.08. The Balaban J connectivity index is 1.22. The van der Waals surface area contributed by atoms with Gasteiger partial charge in [-0.1, -0.05) is 6.07 Å². The van der Waals surface area contributed by atoms with Gasteiger partial charge in [0.25, 0.3) is 0 Å². The number of ether oxygens (including phenoxy) is 1. The molecule has 2 fully saturated rings. The number of anilines is 1. The lowest BCUT2D eigenvalue weighted by Crippen LogP contribution is -2.40. The van der Waals surface area contributed by atoms with Gasteiger partial charge in [-0.3, -0.25) is 4.79 Å². The molecule has 204 valence electrons. The van der Waals surface area contributed by atoms with Crippen molar-refractivity contribution in [3.8, 4) is 11.6 Å². The number of nitrogens with zero attached hydrogens (tertiary/aromatic N) is 5. The van der Waals surface area contributed by atoms with Gasteiger partial charge in [0.2, 0.25) is 21.9 Å². The van der Waals surface area contributed by atoms with Gasteiger partial charge < -0.3 is 15.0 Å². The SMILES string of the molecule is C[C@@H]1CCCN1C(=O)C1CCC(Nc2nccc(-n3ncc4c(OCCCS(N)(=O)=O)cccc43)n2)CC1. The van der Waals surface area contributed by atoms with Crippen molar-refractivity contribution in [2.45, 2.75) is 64.0 Å². The first kappa shape index (κ1) is 26.4. The second-order valence-corrected chi connectivity index (χ2v) is 12.0. The molecule has 3 N–H and O–H groups in total. The number of nitrogens with one attached hydrogen (secondary N) is 1. The van der Waals surface area contributed by atoms with E-state index >= 15 is 0 Å². The second kappa shape index (κ2) is 11.2. The number of aromatic nitrogens is 4. The number of nitrogens with two attached hydrogens (primary N) is 1. The molecule has 3 heterocycles. The van der Waals surface area contributed by atoms with Crippen molar-refractivity contribution in [3.05, 3.63) is 36.7 Å². The number of hydrogen-bond donors (Lipinski definition) is 2. The van der Waals surface area contributed by atoms with Gasteiger partial charge in [-0.2, -0.15) is 10.1 Å². The molecule has 12 heteroatoms. The highest BCUT2D eigenvalue weighted by atomic mass is 32.2. The molecule has 1 aromatic carbocycles. The molecule has 2 aromatic heterocycles. The first-order valence-corrected chi connectivity index (χ1v) is 15.0. The summed E-state index contributed by atoms with van der Waals surface area (Å²) in [5.41, 5.74) is 0.814. The summed E-state index contributed by atoms with van der Waals surface area (Å²) >= 11 is 0. The Hall–Kier alpha value is -3.25. The maximum Gasteiger partial charge on any atom is 0.225 e. The van der Waals surface area contributed by atoms with Crippen LogP contribution < -0.4 is 15.2 Å². The lowest BCUT2D eigenvalue weighted by Gasteiger charge is -2.32. The number of primary sulfonamides is 1. The number of hydrogen-bond acceptors (Lipinski definition) is 8. The molecule has 1 saturated carbocycles. The minimum atomic E-state index is -3.51. The monoisotopic (exact) mass is 541 g/mol. The van der Waals surface area contributed by atoms with Crippen LogP contribution in [0.25, 0.3) is 16.7 Å². The van der Waals surface area contributed by atoms with Crippen molar-refractivity contribution in [2.75, 3.05) is 24.2 Å². The zero-order valence-corrected chi connectivity index (χ0v) is 22.4. The highest BCUT2D eigenvalue weighted by Gasteiger charge is 2.33. The van der Waals surface area contributed by atoms with Crippen molar-refractivity contribution in [1.29, 1.82) is 0 Å². The smallest absolute Gasteiger partial charge is 0.225 e. The summed E-state index contributed by atoms with van der Waals surface area (Å²) in [7, 11) is -3.51. The van der Waals surface area contributed by atoms with Crippen LogP contribution in [-0.4, -0.2) is 70.0 Å². The van der Waals surface area contributed by atoms with Gasteiger partial charge in [0, 0.05) is 36.8 Å². The summed E-state index contributed by atoms with van der Waals surface area (Å²) < 4.78 is 29.8. The Morgan fingerprint density at radius 2 is 2.00 bits per heavy atom. The lowest BCUT2D eigenvalue weighted by molar-refractivity contribution is -0.137. The number of fused-ring (bicyclic) bond motifs is 1. The van der Waals surface area contributed by atoms with Crippen LogP contribution in [0.5, 0.6) is 5.75 Å². The minimum Gasteiger partial charge on any atom is -0.493 e. The number of rotatable bonds is 9. The number of carbonyl (C=O) groups is 1. The third-order valence-corrected chi connectivity index (χ3v) is 8.37. The molecular weight excluding hydrogens is 506 g/mol. The predicted octanol–water partition coefficient (Wildman–Crippen LogP) is 2.85. The molecule has 1 aliphatic carbocycles. The molecule has 2 aliphatic rings. The predicted molar refractivity (Wildman–Crippen MR) is 145 cm³/mol. The summed E-state index contributed by atoms with van der Waals surface area (Å²) in [5, 5.41) is 13.8. The van der Waals surface area contributed by atoms with Crippen LogP contribution in [0.4, 0.5) is 5.95 Å². The largest absolute Gasteiger partial charge is 0.493 e. The zero-order chi connectivity index (χ0) is 26.7. The molecule has 0 spiro atoms. The second-order valence-electron chi connectivity index (χ2n) is 10.3. The van der Waals surface area contributed by atoms with Gasteiger partial charge in [0.15, 0.2) is 5.82 Å². The van der Waals surface area contributed by atoms with Crippen molar-refractivity contribution in [2.24, 2.45) is 11.1 Å². The Labute approximate surface area is 222 Å². The Bertz CT molecular complexity index is 1390. The molecule has 1 aliphatic heterocycles. The van der Waals surface area contributed by atoms with Crippen molar-refractivity contribution in [1.82, 2.24) is 24.6 Å². The topological polar surface area (TPSA) is 145 Å². The van der Waals surface area contributed by atoms with E-state index in [9.17, 15) is 13.2 Å². The molecule has 11 nitrogen and oxygen atoms in total. The van der Waals surface area contributed by atoms with Crippen LogP contribution in [0, 0.1) is 5.92 Å². The van der Waals surface area contributed by atoms with E-state index in [0.717, 1.165) is 56.0 Å². The Morgan fingerprint density at radius 1 is 1.18 bits per heavy atom. The Kier molecular flexibility index (Phi) is 7.80. The quantitative estimate of drug-likeness (QED) is 0.393. The van der Waals surface area contributed by atoms with E-state index < -0.39 is 10.0 Å². The van der Waals surface area contributed by atoms with Crippen LogP contribution in [0.15, 0.2) is 36.7 Å². The van der Waals surface area contributed by atoms with Crippen LogP contribution in [0.1, 0.15) is 51.9 Å². The summed E-state index contributed by atoms with van der Waals surface area (Å²) in [6.07, 6.45) is 9.50. The lowest BCUT2D eigenvalue weighted by atomic mass is 9.85. The molecule has 0 bridgehead atoms. The highest BCUT2D eigenvalue weighted by Crippen LogP contribution is 2.31. The highest BCUT2D eigenvalue weighted by molar-refractivity contribution is 7.89. The average molecular weight is 542 g/mol. The molecular formula is C26H35N7O4S. The fraction of sp³-hybridized carbons (Fsp3) is 0.538. The first-order valence-electron chi connectivity index (χ1n) is 13.3. The summed E-state index contributed by atoms with van der Waals surface area (Å²) in [6.45, 7) is 3.28. The van der Waals surface area contributed by atoms with Crippen molar-refractivity contribution < 1.29 is 17.9 Å². The minimum absolute atomic E-state index is 0.118. The Morgan fingerprint density at radius 3 is 2.74 bits per heavy atom. The van der Waals surface area contributed by atoms with E-state index in [1.54, 1.807) is 23.1 Å². The average Bonchev–Trinajstić information content (AvgIpc) is 3.53. The number of likely N-dealkylation sites (tertiary alicyclic amines) is 1. The fourth-order valence-corrected chi connectivity index (χ4v) is 5.99. The van der Waals surface area contributed by atoms with Crippen LogP contribution >= 0.6 is 0 Å². The molecule has 38 heavy (non-hydrogen) atoms. The number of amides is 1. The molecule has 1 atom stereocenters. The van der Waals surface area contributed by atoms with E-state index in [0.29, 0.717) is 35.9 Å². The van der Waals surface area contributed by atoms with Gasteiger partial charge in [-0.25, -0.2) is 23.2 Å². The van der Waals surface area contributed by atoms with Gasteiger partial charge >= 0.3 is 0 Å². The van der Waals surface area contributed by atoms with E-state index in [1.165, 1.54) is 0 Å². The zero-order valence-electron chi connectivity index (χ0n) is 21.6. The third-order valence-electron chi connectivity index (χ3n) is 7.51. The van der Waals surface area contributed by atoms with Gasteiger partial charge in [-0.05, 0) is 64.0 Å². The summed E-state index contributed by atoms with van der Waals surface area (Å²) in [6, 6.07) is 7.99. The van der Waals surface area contributed by atoms with Crippen LogP contribution in [0.2, 0.25) is 0 Å². The molecule has 0 unspecified atom stereocenters. The van der Waals surface area contributed by atoms with Gasteiger partial charge in [-0.15, -0.1) is 0 Å². The molecule has 1 amide bonds. The van der Waals surface area contributed by atoms with E-state index in [-0.39, 0.29) is 24.3 Å². The number of benzene rings is 1. The van der Waals surface area contributed by atoms with Crippen LogP contribution in [0.3, 0.4) is 0 Å². The first-order chi connectivity index (χ1) is 18.3. The normalized spacial score (nSPS) is 22.1. The van der Waals surface area contributed by atoms with E-state index in [2.05, 4.69) is 27.2 Å². The van der Waals surface area contributed by atoms with Crippen molar-refractivity contribution in [3.63, 3.8) is 0 Å². The van der Waals surface area contributed by atoms with E-state index in [1.807, 2.05) is 18.2 Å². The molecule has 0 radical (unpaired) electrons. The molecule has 1 saturated heterocycles. The molecule has 3 aromatic rings. The number of carbonyl (C=O) groups excluding carboxylic acids is 1. The third kappa shape index (κ3) is 6.07. The maximum atomic E-state index is 12.9. The standard InChI is InChI=1S/C26H35N7O4S/c1-18-5-3-14-32(18)25(34)19-8-10-20(11-9-19)30-26-28-13-12-24(31-26)33-22-6-2-7-23(21(22)17-29-33)37-15-4-16-38(27,35)36/h2,6-7,12-13,17-20H,3-5,8-11,14-16H2,1H3,(H2,27,35,36)(H,28,30,31)/t18-,19?,20?/m1/s1.